The third-order valence-corrected chi connectivity index (χ3v) is 5.69. The summed E-state index contributed by atoms with van der Waals surface area (Å²) in [7, 11) is 1.41. The lowest BCUT2D eigenvalue weighted by molar-refractivity contribution is 0.0593. The van der Waals surface area contributed by atoms with Crippen LogP contribution in [-0.2, 0) is 13.2 Å². The van der Waals surface area contributed by atoms with Crippen LogP contribution in [0.15, 0.2) is 54.7 Å². The van der Waals surface area contributed by atoms with Crippen LogP contribution in [0.4, 0.5) is 4.39 Å². The minimum Gasteiger partial charge on any atom is -0.494 e. The summed E-state index contributed by atoms with van der Waals surface area (Å²) in [4.78, 5) is 14.9. The summed E-state index contributed by atoms with van der Waals surface area (Å²) in [5.41, 5.74) is 1.09. The predicted octanol–water partition coefficient (Wildman–Crippen LogP) is 4.09. The van der Waals surface area contributed by atoms with E-state index in [1.54, 1.807) is 10.7 Å². The van der Waals surface area contributed by atoms with Crippen molar-refractivity contribution in [2.24, 2.45) is 0 Å². The van der Waals surface area contributed by atoms with E-state index in [2.05, 4.69) is 10.3 Å². The van der Waals surface area contributed by atoms with Gasteiger partial charge in [0.05, 0.1) is 13.3 Å². The van der Waals surface area contributed by atoms with Gasteiger partial charge >= 0.3 is 0 Å². The van der Waals surface area contributed by atoms with Gasteiger partial charge in [-0.05, 0) is 56.0 Å². The molecule has 0 saturated carbocycles. The van der Waals surface area contributed by atoms with Crippen LogP contribution >= 0.6 is 0 Å². The van der Waals surface area contributed by atoms with Crippen molar-refractivity contribution in [1.29, 1.82) is 0 Å². The molecular formula is C24H27FN4O3. The standard InChI is InChI=1S/C24H27FN4O3/c1-31-23-11-10-18(15-22(23)25)24(30)29-13-6-5-7-20(29)12-14-28-16-19(26-27-28)17-32-21-8-3-2-4-9-21/h2-4,8-11,15-16,20H,5-7,12-14,17H2,1H3. The van der Waals surface area contributed by atoms with E-state index < -0.39 is 5.82 Å². The van der Waals surface area contributed by atoms with Crippen LogP contribution in [0.25, 0.3) is 0 Å². The van der Waals surface area contributed by atoms with E-state index >= 15 is 0 Å². The van der Waals surface area contributed by atoms with E-state index in [0.29, 0.717) is 25.3 Å². The Morgan fingerprint density at radius 3 is 2.81 bits per heavy atom. The number of aryl methyl sites for hydroxylation is 1. The molecule has 7 nitrogen and oxygen atoms in total. The highest BCUT2D eigenvalue weighted by Crippen LogP contribution is 2.25. The largest absolute Gasteiger partial charge is 0.494 e. The lowest BCUT2D eigenvalue weighted by Gasteiger charge is -2.36. The van der Waals surface area contributed by atoms with E-state index in [1.165, 1.54) is 19.2 Å². The highest BCUT2D eigenvalue weighted by atomic mass is 19.1. The highest BCUT2D eigenvalue weighted by molar-refractivity contribution is 5.94. The number of benzene rings is 2. The molecule has 32 heavy (non-hydrogen) atoms. The molecular weight excluding hydrogens is 411 g/mol. The Morgan fingerprint density at radius 1 is 1.19 bits per heavy atom. The lowest BCUT2D eigenvalue weighted by atomic mass is 9.98. The summed E-state index contributed by atoms with van der Waals surface area (Å²) in [6.45, 7) is 1.66. The molecule has 168 valence electrons. The molecule has 2 aromatic carbocycles. The van der Waals surface area contributed by atoms with E-state index in [4.69, 9.17) is 9.47 Å². The Bertz CT molecular complexity index is 1040. The molecule has 0 aliphatic carbocycles. The van der Waals surface area contributed by atoms with Crippen LogP contribution < -0.4 is 9.47 Å². The van der Waals surface area contributed by atoms with Crippen molar-refractivity contribution in [3.8, 4) is 11.5 Å². The number of amides is 1. The summed E-state index contributed by atoms with van der Waals surface area (Å²) >= 11 is 0. The van der Waals surface area contributed by atoms with Gasteiger partial charge in [0.2, 0.25) is 0 Å². The summed E-state index contributed by atoms with van der Waals surface area (Å²) in [5, 5.41) is 8.37. The number of likely N-dealkylation sites (tertiary alicyclic amines) is 1. The summed E-state index contributed by atoms with van der Waals surface area (Å²) in [6, 6.07) is 14.0. The zero-order valence-corrected chi connectivity index (χ0v) is 18.1. The second-order valence-corrected chi connectivity index (χ2v) is 7.86. The van der Waals surface area contributed by atoms with Crippen molar-refractivity contribution in [3.05, 3.63) is 71.8 Å². The molecule has 0 spiro atoms. The van der Waals surface area contributed by atoms with Gasteiger partial charge in [0.15, 0.2) is 11.6 Å². The van der Waals surface area contributed by atoms with Crippen molar-refractivity contribution in [2.45, 2.75) is 44.9 Å². The maximum Gasteiger partial charge on any atom is 0.254 e. The van der Waals surface area contributed by atoms with Gasteiger partial charge in [0.25, 0.3) is 5.91 Å². The van der Waals surface area contributed by atoms with Crippen molar-refractivity contribution < 1.29 is 18.7 Å². The van der Waals surface area contributed by atoms with Gasteiger partial charge < -0.3 is 14.4 Å². The number of piperidine rings is 1. The Hall–Kier alpha value is -3.42. The first-order valence-corrected chi connectivity index (χ1v) is 10.9. The quantitative estimate of drug-likeness (QED) is 0.530. The highest BCUT2D eigenvalue weighted by Gasteiger charge is 2.28. The fraction of sp³-hybridized carbons (Fsp3) is 0.375. The van der Waals surface area contributed by atoms with E-state index in [1.807, 2.05) is 41.4 Å². The topological polar surface area (TPSA) is 69.5 Å². The summed E-state index contributed by atoms with van der Waals surface area (Å²) < 4.78 is 26.5. The second kappa shape index (κ2) is 10.3. The molecule has 0 bridgehead atoms. The number of carbonyl (C=O) groups is 1. The molecule has 8 heteroatoms. The van der Waals surface area contributed by atoms with Crippen LogP contribution in [0.5, 0.6) is 11.5 Å². The van der Waals surface area contributed by atoms with Gasteiger partial charge in [-0.2, -0.15) is 0 Å². The first-order valence-electron chi connectivity index (χ1n) is 10.9. The van der Waals surface area contributed by atoms with Gasteiger partial charge in [-0.3, -0.25) is 9.48 Å². The number of hydrogen-bond acceptors (Lipinski definition) is 5. The molecule has 1 unspecified atom stereocenters. The number of hydrogen-bond donors (Lipinski definition) is 0. The van der Waals surface area contributed by atoms with Gasteiger partial charge in [-0.25, -0.2) is 4.39 Å². The van der Waals surface area contributed by atoms with Crippen LogP contribution in [0.3, 0.4) is 0 Å². The van der Waals surface area contributed by atoms with Crippen molar-refractivity contribution in [3.63, 3.8) is 0 Å². The third-order valence-electron chi connectivity index (χ3n) is 5.69. The number of methoxy groups -OCH3 is 1. The average molecular weight is 439 g/mol. The smallest absolute Gasteiger partial charge is 0.254 e. The molecule has 0 radical (unpaired) electrons. The number of nitrogens with zero attached hydrogens (tertiary/aromatic N) is 4. The van der Waals surface area contributed by atoms with Gasteiger partial charge in [-0.1, -0.05) is 23.4 Å². The molecule has 1 atom stereocenters. The van der Waals surface area contributed by atoms with Crippen LogP contribution in [0.1, 0.15) is 41.7 Å². The van der Waals surface area contributed by atoms with Crippen molar-refractivity contribution in [1.82, 2.24) is 19.9 Å². The fourth-order valence-electron chi connectivity index (χ4n) is 4.00. The molecule has 4 rings (SSSR count). The molecule has 1 aliphatic heterocycles. The van der Waals surface area contributed by atoms with E-state index in [0.717, 1.165) is 37.1 Å². The monoisotopic (exact) mass is 438 g/mol. The minimum absolute atomic E-state index is 0.0784. The number of ether oxygens (including phenoxy) is 2. The zero-order chi connectivity index (χ0) is 22.3. The fourth-order valence-corrected chi connectivity index (χ4v) is 4.00. The SMILES string of the molecule is COc1ccc(C(=O)N2CCCCC2CCn2cc(COc3ccccc3)nn2)cc1F. The van der Waals surface area contributed by atoms with E-state index in [-0.39, 0.29) is 17.7 Å². The van der Waals surface area contributed by atoms with Crippen LogP contribution in [0.2, 0.25) is 0 Å². The van der Waals surface area contributed by atoms with Crippen molar-refractivity contribution in [2.75, 3.05) is 13.7 Å². The summed E-state index contributed by atoms with van der Waals surface area (Å²) in [5.74, 6) is 0.245. The van der Waals surface area contributed by atoms with E-state index in [9.17, 15) is 9.18 Å². The molecule has 3 aromatic rings. The Labute approximate surface area is 186 Å². The van der Waals surface area contributed by atoms with Gasteiger partial charge in [0, 0.05) is 24.7 Å². The Balaban J connectivity index is 1.35. The summed E-state index contributed by atoms with van der Waals surface area (Å²) in [6.07, 6.45) is 5.57. The molecule has 1 aromatic heterocycles. The maximum absolute atomic E-state index is 14.1. The molecule has 1 fully saturated rings. The Morgan fingerprint density at radius 2 is 2.03 bits per heavy atom. The molecule has 1 aliphatic rings. The number of para-hydroxylation sites is 1. The molecule has 2 heterocycles. The maximum atomic E-state index is 14.1. The lowest BCUT2D eigenvalue weighted by Crippen LogP contribution is -2.44. The average Bonchev–Trinajstić information content (AvgIpc) is 3.29. The number of carbonyl (C=O) groups excluding carboxylic acids is 1. The Kier molecular flexibility index (Phi) is 6.99. The van der Waals surface area contributed by atoms with Crippen molar-refractivity contribution >= 4 is 5.91 Å². The minimum atomic E-state index is -0.528. The van der Waals surface area contributed by atoms with Gasteiger partial charge in [-0.15, -0.1) is 5.10 Å². The van der Waals surface area contributed by atoms with Crippen LogP contribution in [0, 0.1) is 5.82 Å². The normalized spacial score (nSPS) is 16.1. The number of halogens is 1. The molecule has 0 N–H and O–H groups in total. The third kappa shape index (κ3) is 5.25. The van der Waals surface area contributed by atoms with Crippen LogP contribution in [-0.4, -0.2) is 45.5 Å². The number of aromatic nitrogens is 3. The first kappa shape index (κ1) is 21.8. The molecule has 1 amide bonds. The molecule has 1 saturated heterocycles. The second-order valence-electron chi connectivity index (χ2n) is 7.86. The zero-order valence-electron chi connectivity index (χ0n) is 18.1. The predicted molar refractivity (Wildman–Crippen MR) is 117 cm³/mol. The number of rotatable bonds is 8. The van der Waals surface area contributed by atoms with Gasteiger partial charge in [0.1, 0.15) is 18.1 Å². The first-order chi connectivity index (χ1) is 15.6.